The highest BCUT2D eigenvalue weighted by Gasteiger charge is 2.21. The standard InChI is InChI=1S/C15H18ClFN2O4/c1-8(2)5-12(15(22)23)19-13(20)7-18-14(21)9-3-4-10(16)11(17)6-9/h3-4,6,8,12H,5,7H2,1-2H3,(H,18,21)(H,19,20)(H,22,23)/t12-/m0/s1. The van der Waals surface area contributed by atoms with Crippen LogP contribution >= 0.6 is 11.6 Å². The predicted molar refractivity (Wildman–Crippen MR) is 82.8 cm³/mol. The molecule has 0 spiro atoms. The summed E-state index contributed by atoms with van der Waals surface area (Å²) >= 11 is 5.51. The first kappa shape index (κ1) is 18.9. The van der Waals surface area contributed by atoms with Crippen molar-refractivity contribution < 1.29 is 23.9 Å². The van der Waals surface area contributed by atoms with Crippen LogP contribution in [-0.4, -0.2) is 35.5 Å². The third kappa shape index (κ3) is 6.23. The summed E-state index contributed by atoms with van der Waals surface area (Å²) in [6.07, 6.45) is 0.275. The molecule has 8 heteroatoms. The molecular weight excluding hydrogens is 327 g/mol. The van der Waals surface area contributed by atoms with Crippen molar-refractivity contribution in [3.05, 3.63) is 34.6 Å². The molecule has 0 aliphatic carbocycles. The Morgan fingerprint density at radius 1 is 1.30 bits per heavy atom. The molecule has 0 fully saturated rings. The Balaban J connectivity index is 2.56. The zero-order chi connectivity index (χ0) is 17.6. The number of carbonyl (C=O) groups is 3. The van der Waals surface area contributed by atoms with Crippen molar-refractivity contribution in [1.29, 1.82) is 0 Å². The van der Waals surface area contributed by atoms with Crippen LogP contribution in [0.5, 0.6) is 0 Å². The highest BCUT2D eigenvalue weighted by Crippen LogP contribution is 2.15. The van der Waals surface area contributed by atoms with E-state index in [1.807, 2.05) is 13.8 Å². The van der Waals surface area contributed by atoms with Gasteiger partial charge in [-0.25, -0.2) is 9.18 Å². The van der Waals surface area contributed by atoms with Gasteiger partial charge in [0.1, 0.15) is 11.9 Å². The van der Waals surface area contributed by atoms with Gasteiger partial charge in [0.25, 0.3) is 5.91 Å². The summed E-state index contributed by atoms with van der Waals surface area (Å²) in [6.45, 7) is 3.25. The molecule has 0 unspecified atom stereocenters. The van der Waals surface area contributed by atoms with E-state index < -0.39 is 36.2 Å². The number of carbonyl (C=O) groups excluding carboxylic acids is 2. The average Bonchev–Trinajstić information content (AvgIpc) is 2.46. The summed E-state index contributed by atoms with van der Waals surface area (Å²) < 4.78 is 13.3. The molecule has 6 nitrogen and oxygen atoms in total. The van der Waals surface area contributed by atoms with Crippen molar-refractivity contribution in [2.45, 2.75) is 26.3 Å². The molecule has 3 N–H and O–H groups in total. The Kier molecular flexibility index (Phi) is 6.96. The third-order valence-corrected chi connectivity index (χ3v) is 3.24. The quantitative estimate of drug-likeness (QED) is 0.703. The monoisotopic (exact) mass is 344 g/mol. The Morgan fingerprint density at radius 3 is 2.48 bits per heavy atom. The van der Waals surface area contributed by atoms with E-state index in [9.17, 15) is 18.8 Å². The number of aliphatic carboxylic acids is 1. The maximum absolute atomic E-state index is 13.3. The van der Waals surface area contributed by atoms with Gasteiger partial charge in [0.05, 0.1) is 11.6 Å². The van der Waals surface area contributed by atoms with E-state index in [-0.39, 0.29) is 22.9 Å². The third-order valence-electron chi connectivity index (χ3n) is 2.93. The van der Waals surface area contributed by atoms with Crippen LogP contribution in [0.25, 0.3) is 0 Å². The number of carboxylic acids is 1. The first-order chi connectivity index (χ1) is 10.7. The number of hydrogen-bond donors (Lipinski definition) is 3. The minimum atomic E-state index is -1.14. The maximum Gasteiger partial charge on any atom is 0.326 e. The number of amides is 2. The lowest BCUT2D eigenvalue weighted by Crippen LogP contribution is -2.46. The molecule has 0 bridgehead atoms. The summed E-state index contributed by atoms with van der Waals surface area (Å²) in [6, 6.07) is 2.48. The lowest BCUT2D eigenvalue weighted by molar-refractivity contribution is -0.142. The van der Waals surface area contributed by atoms with E-state index in [2.05, 4.69) is 10.6 Å². The minimum absolute atomic E-state index is 0.0108. The number of halogens is 2. The summed E-state index contributed by atoms with van der Waals surface area (Å²) in [5.41, 5.74) is 0.0108. The van der Waals surface area contributed by atoms with Gasteiger partial charge in [-0.05, 0) is 30.5 Å². The Hall–Kier alpha value is -2.15. The number of carboxylic acid groups (broad SMARTS) is 1. The lowest BCUT2D eigenvalue weighted by Gasteiger charge is -2.16. The topological polar surface area (TPSA) is 95.5 Å². The van der Waals surface area contributed by atoms with Gasteiger partial charge in [-0.3, -0.25) is 9.59 Å². The van der Waals surface area contributed by atoms with Crippen molar-refractivity contribution >= 4 is 29.4 Å². The fourth-order valence-electron chi connectivity index (χ4n) is 1.84. The molecule has 1 aromatic rings. The fraction of sp³-hybridized carbons (Fsp3) is 0.400. The number of nitrogens with one attached hydrogen (secondary N) is 2. The van der Waals surface area contributed by atoms with Gasteiger partial charge in [0.2, 0.25) is 5.91 Å². The van der Waals surface area contributed by atoms with E-state index in [0.717, 1.165) is 6.07 Å². The first-order valence-corrected chi connectivity index (χ1v) is 7.34. The zero-order valence-electron chi connectivity index (χ0n) is 12.7. The molecule has 1 aromatic carbocycles. The van der Waals surface area contributed by atoms with Gasteiger partial charge < -0.3 is 15.7 Å². The Labute approximate surface area is 138 Å². The van der Waals surface area contributed by atoms with E-state index >= 15 is 0 Å². The van der Waals surface area contributed by atoms with Crippen molar-refractivity contribution in [1.82, 2.24) is 10.6 Å². The van der Waals surface area contributed by atoms with E-state index in [4.69, 9.17) is 16.7 Å². The van der Waals surface area contributed by atoms with Crippen LogP contribution in [0.1, 0.15) is 30.6 Å². The second-order valence-electron chi connectivity index (χ2n) is 5.40. The van der Waals surface area contributed by atoms with Gasteiger partial charge in [-0.15, -0.1) is 0 Å². The number of hydrogen-bond acceptors (Lipinski definition) is 3. The van der Waals surface area contributed by atoms with E-state index in [1.54, 1.807) is 0 Å². The lowest BCUT2D eigenvalue weighted by atomic mass is 10.0. The van der Waals surface area contributed by atoms with Gasteiger partial charge in [0.15, 0.2) is 0 Å². The SMILES string of the molecule is CC(C)C[C@H](NC(=O)CNC(=O)c1ccc(Cl)c(F)c1)C(=O)O. The van der Waals surface area contributed by atoms with Gasteiger partial charge >= 0.3 is 5.97 Å². The second kappa shape index (κ2) is 8.47. The largest absolute Gasteiger partial charge is 0.480 e. The van der Waals surface area contributed by atoms with Crippen LogP contribution in [-0.2, 0) is 9.59 Å². The maximum atomic E-state index is 13.3. The molecule has 2 amide bonds. The van der Waals surface area contributed by atoms with Gasteiger partial charge in [-0.1, -0.05) is 25.4 Å². The average molecular weight is 345 g/mol. The van der Waals surface area contributed by atoms with Crippen molar-refractivity contribution in [2.24, 2.45) is 5.92 Å². The van der Waals surface area contributed by atoms with Crippen LogP contribution in [0, 0.1) is 11.7 Å². The molecule has 0 saturated carbocycles. The van der Waals surface area contributed by atoms with Gasteiger partial charge in [-0.2, -0.15) is 0 Å². The zero-order valence-corrected chi connectivity index (χ0v) is 13.5. The molecule has 0 heterocycles. The molecule has 126 valence electrons. The second-order valence-corrected chi connectivity index (χ2v) is 5.81. The summed E-state index contributed by atoms with van der Waals surface area (Å²) in [5.74, 6) is -3.10. The van der Waals surface area contributed by atoms with Crippen LogP contribution in [0.4, 0.5) is 4.39 Å². The number of benzene rings is 1. The molecule has 0 aliphatic rings. The van der Waals surface area contributed by atoms with Crippen LogP contribution < -0.4 is 10.6 Å². The smallest absolute Gasteiger partial charge is 0.326 e. The van der Waals surface area contributed by atoms with Crippen LogP contribution in [0.3, 0.4) is 0 Å². The molecule has 0 radical (unpaired) electrons. The number of rotatable bonds is 7. The van der Waals surface area contributed by atoms with Crippen molar-refractivity contribution in [2.75, 3.05) is 6.54 Å². The highest BCUT2D eigenvalue weighted by atomic mass is 35.5. The normalized spacial score (nSPS) is 11.9. The van der Waals surface area contributed by atoms with Crippen molar-refractivity contribution in [3.63, 3.8) is 0 Å². The van der Waals surface area contributed by atoms with E-state index in [0.29, 0.717) is 0 Å². The Morgan fingerprint density at radius 2 is 1.96 bits per heavy atom. The molecule has 1 rings (SSSR count). The van der Waals surface area contributed by atoms with Crippen molar-refractivity contribution in [3.8, 4) is 0 Å². The molecule has 1 atom stereocenters. The Bertz CT molecular complexity index is 607. The van der Waals surface area contributed by atoms with E-state index in [1.165, 1.54) is 12.1 Å². The van der Waals surface area contributed by atoms with Gasteiger partial charge in [0, 0.05) is 5.56 Å². The molecule has 0 saturated heterocycles. The summed E-state index contributed by atoms with van der Waals surface area (Å²) in [5, 5.41) is 13.5. The predicted octanol–water partition coefficient (Wildman–Crippen LogP) is 1.82. The minimum Gasteiger partial charge on any atom is -0.480 e. The molecular formula is C15H18ClFN2O4. The molecule has 0 aromatic heterocycles. The molecule has 0 aliphatic heterocycles. The first-order valence-electron chi connectivity index (χ1n) is 6.96. The summed E-state index contributed by atoms with van der Waals surface area (Å²) in [7, 11) is 0. The van der Waals surface area contributed by atoms with Crippen LogP contribution in [0.2, 0.25) is 5.02 Å². The molecule has 23 heavy (non-hydrogen) atoms. The summed E-state index contributed by atoms with van der Waals surface area (Å²) in [4.78, 5) is 34.5. The van der Waals surface area contributed by atoms with Crippen LogP contribution in [0.15, 0.2) is 18.2 Å². The fourth-order valence-corrected chi connectivity index (χ4v) is 1.96. The highest BCUT2D eigenvalue weighted by molar-refractivity contribution is 6.30.